The standard InChI is InChI=1S/C19H22N4O2/c1-14(13-24)21-17-11-10-16(12-20-17)19-22-18(23-25-19)9-5-8-15-6-3-2-4-7-15/h2-4,6-7,10-12,14,24H,5,8-9,13H2,1H3,(H,20,21)/t14-/m0/s1. The summed E-state index contributed by atoms with van der Waals surface area (Å²) in [6.45, 7) is 1.94. The van der Waals surface area contributed by atoms with Gasteiger partial charge in [0.05, 0.1) is 12.2 Å². The molecule has 0 saturated carbocycles. The maximum Gasteiger partial charge on any atom is 0.259 e. The van der Waals surface area contributed by atoms with E-state index in [1.807, 2.05) is 25.1 Å². The zero-order valence-electron chi connectivity index (χ0n) is 14.2. The van der Waals surface area contributed by atoms with Gasteiger partial charge < -0.3 is 14.9 Å². The van der Waals surface area contributed by atoms with E-state index in [9.17, 15) is 0 Å². The van der Waals surface area contributed by atoms with Crippen LogP contribution in [0.1, 0.15) is 24.7 Å². The first-order chi connectivity index (χ1) is 12.2. The number of pyridine rings is 1. The minimum atomic E-state index is -0.0435. The first-order valence-corrected chi connectivity index (χ1v) is 8.45. The topological polar surface area (TPSA) is 84.1 Å². The number of hydrogen-bond donors (Lipinski definition) is 2. The van der Waals surface area contributed by atoms with Crippen LogP contribution in [0.5, 0.6) is 0 Å². The lowest BCUT2D eigenvalue weighted by Crippen LogP contribution is -2.19. The Balaban J connectivity index is 1.55. The van der Waals surface area contributed by atoms with Gasteiger partial charge >= 0.3 is 0 Å². The molecule has 6 heteroatoms. The smallest absolute Gasteiger partial charge is 0.259 e. The van der Waals surface area contributed by atoms with Crippen molar-refractivity contribution in [2.24, 2.45) is 0 Å². The molecule has 25 heavy (non-hydrogen) atoms. The Bertz CT molecular complexity index is 772. The second-order valence-corrected chi connectivity index (χ2v) is 6.01. The molecule has 2 heterocycles. The monoisotopic (exact) mass is 338 g/mol. The van der Waals surface area contributed by atoms with Gasteiger partial charge in [0.1, 0.15) is 5.82 Å². The fourth-order valence-corrected chi connectivity index (χ4v) is 2.47. The molecule has 3 aromatic rings. The Morgan fingerprint density at radius 3 is 2.68 bits per heavy atom. The summed E-state index contributed by atoms with van der Waals surface area (Å²) < 4.78 is 5.33. The largest absolute Gasteiger partial charge is 0.394 e. The molecule has 6 nitrogen and oxygen atoms in total. The number of aryl methyl sites for hydroxylation is 2. The van der Waals surface area contributed by atoms with E-state index >= 15 is 0 Å². The van der Waals surface area contributed by atoms with Gasteiger partial charge in [0.2, 0.25) is 0 Å². The second-order valence-electron chi connectivity index (χ2n) is 6.01. The summed E-state index contributed by atoms with van der Waals surface area (Å²) in [4.78, 5) is 8.74. The number of nitrogens with one attached hydrogen (secondary N) is 1. The van der Waals surface area contributed by atoms with Crippen LogP contribution in [0.4, 0.5) is 5.82 Å². The Morgan fingerprint density at radius 2 is 1.96 bits per heavy atom. The molecule has 0 spiro atoms. The predicted octanol–water partition coefficient (Wildman–Crippen LogP) is 3.10. The van der Waals surface area contributed by atoms with E-state index < -0.39 is 0 Å². The van der Waals surface area contributed by atoms with Gasteiger partial charge in [-0.2, -0.15) is 4.98 Å². The van der Waals surface area contributed by atoms with Gasteiger partial charge in [-0.05, 0) is 37.5 Å². The van der Waals surface area contributed by atoms with Crippen LogP contribution in [0.25, 0.3) is 11.5 Å². The van der Waals surface area contributed by atoms with Crippen molar-refractivity contribution in [3.05, 3.63) is 60.0 Å². The van der Waals surface area contributed by atoms with Crippen molar-refractivity contribution in [2.75, 3.05) is 11.9 Å². The zero-order valence-corrected chi connectivity index (χ0v) is 14.2. The fraction of sp³-hybridized carbons (Fsp3) is 0.316. The van der Waals surface area contributed by atoms with Gasteiger partial charge in [0, 0.05) is 18.7 Å². The van der Waals surface area contributed by atoms with E-state index in [4.69, 9.17) is 9.63 Å². The Hall–Kier alpha value is -2.73. The number of benzene rings is 1. The highest BCUT2D eigenvalue weighted by Crippen LogP contribution is 2.18. The summed E-state index contributed by atoms with van der Waals surface area (Å²) in [5.41, 5.74) is 2.10. The average Bonchev–Trinajstić information content (AvgIpc) is 3.12. The number of aliphatic hydroxyl groups is 1. The highest BCUT2D eigenvalue weighted by Gasteiger charge is 2.10. The highest BCUT2D eigenvalue weighted by molar-refractivity contribution is 5.54. The maximum absolute atomic E-state index is 9.05. The van der Waals surface area contributed by atoms with Crippen LogP contribution in [0.2, 0.25) is 0 Å². The van der Waals surface area contributed by atoms with Crippen LogP contribution in [-0.2, 0) is 12.8 Å². The quantitative estimate of drug-likeness (QED) is 0.656. The molecule has 2 aromatic heterocycles. The van der Waals surface area contributed by atoms with Crippen molar-refractivity contribution in [2.45, 2.75) is 32.2 Å². The lowest BCUT2D eigenvalue weighted by molar-refractivity contribution is 0.281. The molecule has 0 unspecified atom stereocenters. The lowest BCUT2D eigenvalue weighted by Gasteiger charge is -2.10. The third kappa shape index (κ3) is 4.87. The van der Waals surface area contributed by atoms with Gasteiger partial charge in [0.25, 0.3) is 5.89 Å². The van der Waals surface area contributed by atoms with Crippen molar-refractivity contribution in [1.82, 2.24) is 15.1 Å². The molecule has 0 aliphatic heterocycles. The van der Waals surface area contributed by atoms with E-state index in [-0.39, 0.29) is 12.6 Å². The summed E-state index contributed by atoms with van der Waals surface area (Å²) in [6.07, 6.45) is 4.44. The number of nitrogens with zero attached hydrogens (tertiary/aromatic N) is 3. The van der Waals surface area contributed by atoms with Crippen molar-refractivity contribution in [1.29, 1.82) is 0 Å². The SMILES string of the molecule is C[C@@H](CO)Nc1ccc(-c2nc(CCCc3ccccc3)no2)cn1. The Morgan fingerprint density at radius 1 is 1.12 bits per heavy atom. The molecule has 0 aliphatic rings. The molecule has 0 radical (unpaired) electrons. The Labute approximate surface area is 146 Å². The molecule has 0 aliphatic carbocycles. The second kappa shape index (κ2) is 8.39. The van der Waals surface area contributed by atoms with E-state index in [1.165, 1.54) is 5.56 Å². The van der Waals surface area contributed by atoms with E-state index in [0.29, 0.717) is 17.5 Å². The molecular formula is C19H22N4O2. The van der Waals surface area contributed by atoms with Crippen molar-refractivity contribution in [3.8, 4) is 11.5 Å². The number of hydrogen-bond acceptors (Lipinski definition) is 6. The van der Waals surface area contributed by atoms with Gasteiger partial charge in [-0.3, -0.25) is 0 Å². The minimum absolute atomic E-state index is 0.0435. The molecule has 1 atom stereocenters. The van der Waals surface area contributed by atoms with Crippen molar-refractivity contribution < 1.29 is 9.63 Å². The third-order valence-electron chi connectivity index (χ3n) is 3.86. The van der Waals surface area contributed by atoms with Crippen LogP contribution in [0.3, 0.4) is 0 Å². The molecule has 0 bridgehead atoms. The van der Waals surface area contributed by atoms with Crippen LogP contribution in [-0.4, -0.2) is 32.9 Å². The third-order valence-corrected chi connectivity index (χ3v) is 3.86. The molecule has 0 fully saturated rings. The fourth-order valence-electron chi connectivity index (χ4n) is 2.47. The maximum atomic E-state index is 9.05. The normalized spacial score (nSPS) is 12.1. The van der Waals surface area contributed by atoms with Gasteiger partial charge in [0.15, 0.2) is 5.82 Å². The molecule has 130 valence electrons. The van der Waals surface area contributed by atoms with Gasteiger partial charge in [-0.15, -0.1) is 0 Å². The van der Waals surface area contributed by atoms with Crippen LogP contribution in [0.15, 0.2) is 53.2 Å². The summed E-state index contributed by atoms with van der Waals surface area (Å²) in [7, 11) is 0. The first-order valence-electron chi connectivity index (χ1n) is 8.45. The Kier molecular flexibility index (Phi) is 5.74. The summed E-state index contributed by atoms with van der Waals surface area (Å²) in [5, 5.41) is 16.2. The van der Waals surface area contributed by atoms with E-state index in [0.717, 1.165) is 24.8 Å². The van der Waals surface area contributed by atoms with Crippen LogP contribution >= 0.6 is 0 Å². The zero-order chi connectivity index (χ0) is 17.5. The lowest BCUT2D eigenvalue weighted by atomic mass is 10.1. The molecule has 1 aromatic carbocycles. The van der Waals surface area contributed by atoms with Gasteiger partial charge in [-0.1, -0.05) is 35.5 Å². The number of rotatable bonds is 8. The summed E-state index contributed by atoms with van der Waals surface area (Å²) in [6, 6.07) is 14.0. The van der Waals surface area contributed by atoms with Gasteiger partial charge in [-0.25, -0.2) is 4.98 Å². The highest BCUT2D eigenvalue weighted by atomic mass is 16.5. The van der Waals surface area contributed by atoms with Crippen LogP contribution < -0.4 is 5.32 Å². The molecule has 0 saturated heterocycles. The van der Waals surface area contributed by atoms with Crippen molar-refractivity contribution >= 4 is 5.82 Å². The number of aliphatic hydroxyl groups excluding tert-OH is 1. The molecule has 3 rings (SSSR count). The minimum Gasteiger partial charge on any atom is -0.394 e. The van der Waals surface area contributed by atoms with E-state index in [1.54, 1.807) is 6.20 Å². The van der Waals surface area contributed by atoms with E-state index in [2.05, 4.69) is 44.7 Å². The number of aromatic nitrogens is 3. The average molecular weight is 338 g/mol. The van der Waals surface area contributed by atoms with Crippen molar-refractivity contribution in [3.63, 3.8) is 0 Å². The molecular weight excluding hydrogens is 316 g/mol. The summed E-state index contributed by atoms with van der Waals surface area (Å²) in [5.74, 6) is 1.89. The first kappa shape index (κ1) is 17.1. The summed E-state index contributed by atoms with van der Waals surface area (Å²) >= 11 is 0. The molecule has 0 amide bonds. The predicted molar refractivity (Wildman–Crippen MR) is 96.2 cm³/mol. The van der Waals surface area contributed by atoms with Crippen LogP contribution in [0, 0.1) is 0 Å². The molecule has 2 N–H and O–H groups in total. The number of anilines is 1.